The van der Waals surface area contributed by atoms with Crippen LogP contribution in [0, 0.1) is 13.8 Å². The molecular weight excluding hydrogens is 404 g/mol. The minimum Gasteiger partial charge on any atom is -0.494 e. The van der Waals surface area contributed by atoms with Gasteiger partial charge in [0.05, 0.1) is 30.1 Å². The largest absolute Gasteiger partial charge is 0.494 e. The maximum atomic E-state index is 13.8. The summed E-state index contributed by atoms with van der Waals surface area (Å²) in [5, 5.41) is 0. The number of imide groups is 1. The van der Waals surface area contributed by atoms with Crippen LogP contribution in [-0.2, 0) is 14.3 Å². The molecule has 0 spiro atoms. The van der Waals surface area contributed by atoms with Crippen LogP contribution in [0.1, 0.15) is 37.5 Å². The van der Waals surface area contributed by atoms with Crippen LogP contribution in [0.25, 0.3) is 5.57 Å². The molecule has 2 aromatic carbocycles. The van der Waals surface area contributed by atoms with Gasteiger partial charge in [-0.3, -0.25) is 9.59 Å². The number of benzene rings is 2. The number of hydrogen-bond acceptors (Lipinski definition) is 5. The molecule has 2 aliphatic rings. The fourth-order valence-electron chi connectivity index (χ4n) is 4.62. The molecule has 2 amide bonds. The number of aryl methyl sites for hydroxylation is 2. The summed E-state index contributed by atoms with van der Waals surface area (Å²) in [5.41, 5.74) is 4.29. The van der Waals surface area contributed by atoms with Crippen LogP contribution in [0.3, 0.4) is 0 Å². The lowest BCUT2D eigenvalue weighted by molar-refractivity contribution is -0.121. The molecular formula is C26H30N2O4. The van der Waals surface area contributed by atoms with Gasteiger partial charge in [0.15, 0.2) is 0 Å². The molecule has 0 bridgehead atoms. The second-order valence-corrected chi connectivity index (χ2v) is 8.58. The highest BCUT2D eigenvalue weighted by molar-refractivity contribution is 6.45. The number of ether oxygens (including phenoxy) is 2. The van der Waals surface area contributed by atoms with E-state index in [4.69, 9.17) is 9.47 Å². The van der Waals surface area contributed by atoms with Crippen LogP contribution < -0.4 is 9.64 Å². The van der Waals surface area contributed by atoms with Crippen molar-refractivity contribution in [2.24, 2.45) is 0 Å². The zero-order valence-electron chi connectivity index (χ0n) is 19.3. The predicted molar refractivity (Wildman–Crippen MR) is 125 cm³/mol. The second-order valence-electron chi connectivity index (χ2n) is 8.58. The number of anilines is 1. The van der Waals surface area contributed by atoms with Crippen LogP contribution in [0.2, 0.25) is 0 Å². The summed E-state index contributed by atoms with van der Waals surface area (Å²) in [6.45, 7) is 11.5. The Hall–Kier alpha value is -3.12. The Morgan fingerprint density at radius 2 is 1.72 bits per heavy atom. The van der Waals surface area contributed by atoms with E-state index in [0.717, 1.165) is 16.7 Å². The average molecular weight is 435 g/mol. The Morgan fingerprint density at radius 1 is 1.00 bits per heavy atom. The number of carbonyl (C=O) groups is 2. The van der Waals surface area contributed by atoms with Crippen molar-refractivity contribution in [2.45, 2.75) is 46.8 Å². The van der Waals surface area contributed by atoms with E-state index in [2.05, 4.69) is 0 Å². The number of morpholine rings is 1. The first-order valence-corrected chi connectivity index (χ1v) is 11.1. The summed E-state index contributed by atoms with van der Waals surface area (Å²) in [6, 6.07) is 13.1. The molecule has 4 rings (SSSR count). The lowest BCUT2D eigenvalue weighted by Crippen LogP contribution is -2.47. The second kappa shape index (κ2) is 8.79. The molecule has 0 radical (unpaired) electrons. The van der Waals surface area contributed by atoms with Crippen molar-refractivity contribution in [3.63, 3.8) is 0 Å². The van der Waals surface area contributed by atoms with Gasteiger partial charge in [-0.15, -0.1) is 0 Å². The SMILES string of the molecule is CCOc1cccc(N2C(=O)C(c3ccc(C)cc3C)=C(N3CC(C)OC(C)C3)C2=O)c1. The summed E-state index contributed by atoms with van der Waals surface area (Å²) in [6.07, 6.45) is -0.0744. The van der Waals surface area contributed by atoms with Gasteiger partial charge in [0.25, 0.3) is 11.8 Å². The Labute approximate surface area is 189 Å². The molecule has 0 saturated carbocycles. The molecule has 1 saturated heterocycles. The summed E-state index contributed by atoms with van der Waals surface area (Å²) < 4.78 is 11.5. The van der Waals surface area contributed by atoms with Crippen LogP contribution in [0.5, 0.6) is 5.75 Å². The van der Waals surface area contributed by atoms with E-state index < -0.39 is 0 Å². The molecule has 2 aromatic rings. The summed E-state index contributed by atoms with van der Waals surface area (Å²) in [4.78, 5) is 30.9. The van der Waals surface area contributed by atoms with Gasteiger partial charge >= 0.3 is 0 Å². The molecule has 32 heavy (non-hydrogen) atoms. The highest BCUT2D eigenvalue weighted by Crippen LogP contribution is 2.38. The standard InChI is InChI=1S/C26H30N2O4/c1-6-31-21-9-7-8-20(13-21)28-25(29)23(22-11-10-16(2)12-17(22)3)24(26(28)30)27-14-18(4)32-19(5)15-27/h7-13,18-19H,6,14-15H2,1-5H3. The molecule has 2 aliphatic heterocycles. The number of amides is 2. The summed E-state index contributed by atoms with van der Waals surface area (Å²) in [5.74, 6) is 0.0121. The maximum absolute atomic E-state index is 13.8. The summed E-state index contributed by atoms with van der Waals surface area (Å²) >= 11 is 0. The zero-order chi connectivity index (χ0) is 23.0. The van der Waals surface area contributed by atoms with Gasteiger partial charge < -0.3 is 14.4 Å². The van der Waals surface area contributed by atoms with E-state index in [1.165, 1.54) is 4.90 Å². The third kappa shape index (κ3) is 4.02. The highest BCUT2D eigenvalue weighted by Gasteiger charge is 2.44. The number of hydrogen-bond donors (Lipinski definition) is 0. The first-order chi connectivity index (χ1) is 15.3. The molecule has 0 N–H and O–H groups in total. The fraction of sp³-hybridized carbons (Fsp3) is 0.385. The van der Waals surface area contributed by atoms with E-state index in [1.54, 1.807) is 18.2 Å². The molecule has 2 heterocycles. The lowest BCUT2D eigenvalue weighted by Gasteiger charge is -2.37. The van der Waals surface area contributed by atoms with Crippen molar-refractivity contribution in [1.29, 1.82) is 0 Å². The maximum Gasteiger partial charge on any atom is 0.282 e. The van der Waals surface area contributed by atoms with E-state index >= 15 is 0 Å². The van der Waals surface area contributed by atoms with Crippen LogP contribution in [-0.4, -0.2) is 48.6 Å². The minimum atomic E-state index is -0.308. The highest BCUT2D eigenvalue weighted by atomic mass is 16.5. The van der Waals surface area contributed by atoms with Gasteiger partial charge in [-0.1, -0.05) is 29.8 Å². The normalized spacial score (nSPS) is 21.5. The smallest absolute Gasteiger partial charge is 0.282 e. The first-order valence-electron chi connectivity index (χ1n) is 11.1. The van der Waals surface area contributed by atoms with Crippen molar-refractivity contribution in [3.05, 3.63) is 64.9 Å². The van der Waals surface area contributed by atoms with E-state index in [0.29, 0.717) is 42.4 Å². The molecule has 0 aromatic heterocycles. The first kappa shape index (κ1) is 22.1. The summed E-state index contributed by atoms with van der Waals surface area (Å²) in [7, 11) is 0. The van der Waals surface area contributed by atoms with E-state index in [1.807, 2.05) is 63.8 Å². The van der Waals surface area contributed by atoms with Crippen LogP contribution >= 0.6 is 0 Å². The van der Waals surface area contributed by atoms with Gasteiger partial charge in [-0.25, -0.2) is 4.90 Å². The molecule has 168 valence electrons. The quantitative estimate of drug-likeness (QED) is 0.664. The van der Waals surface area contributed by atoms with Crippen molar-refractivity contribution in [1.82, 2.24) is 4.90 Å². The average Bonchev–Trinajstić information content (AvgIpc) is 2.98. The van der Waals surface area contributed by atoms with Crippen molar-refractivity contribution in [2.75, 3.05) is 24.6 Å². The van der Waals surface area contributed by atoms with E-state index in [-0.39, 0.29) is 24.0 Å². The number of nitrogens with zero attached hydrogens (tertiary/aromatic N) is 2. The van der Waals surface area contributed by atoms with Crippen molar-refractivity contribution in [3.8, 4) is 5.75 Å². The lowest BCUT2D eigenvalue weighted by atomic mass is 9.97. The number of carbonyl (C=O) groups excluding carboxylic acids is 2. The Balaban J connectivity index is 1.84. The van der Waals surface area contributed by atoms with Gasteiger partial charge in [0, 0.05) is 19.2 Å². The molecule has 6 nitrogen and oxygen atoms in total. The van der Waals surface area contributed by atoms with Gasteiger partial charge in [-0.2, -0.15) is 0 Å². The monoisotopic (exact) mass is 434 g/mol. The molecule has 0 aliphatic carbocycles. The Morgan fingerprint density at radius 3 is 2.38 bits per heavy atom. The van der Waals surface area contributed by atoms with Gasteiger partial charge in [0.2, 0.25) is 0 Å². The minimum absolute atomic E-state index is 0.0372. The number of rotatable bonds is 5. The molecule has 6 heteroatoms. The fourth-order valence-corrected chi connectivity index (χ4v) is 4.62. The predicted octanol–water partition coefficient (Wildman–Crippen LogP) is 4.10. The van der Waals surface area contributed by atoms with Gasteiger partial charge in [0.1, 0.15) is 11.4 Å². The Bertz CT molecular complexity index is 1080. The molecule has 2 unspecified atom stereocenters. The third-order valence-electron chi connectivity index (χ3n) is 5.83. The van der Waals surface area contributed by atoms with E-state index in [9.17, 15) is 9.59 Å². The Kier molecular flexibility index (Phi) is 6.07. The van der Waals surface area contributed by atoms with Crippen LogP contribution in [0.4, 0.5) is 5.69 Å². The van der Waals surface area contributed by atoms with Crippen LogP contribution in [0.15, 0.2) is 48.2 Å². The third-order valence-corrected chi connectivity index (χ3v) is 5.83. The van der Waals surface area contributed by atoms with Crippen molar-refractivity contribution >= 4 is 23.1 Å². The zero-order valence-corrected chi connectivity index (χ0v) is 19.3. The van der Waals surface area contributed by atoms with Crippen molar-refractivity contribution < 1.29 is 19.1 Å². The molecule has 1 fully saturated rings. The molecule has 2 atom stereocenters. The topological polar surface area (TPSA) is 59.1 Å². The van der Waals surface area contributed by atoms with Gasteiger partial charge in [-0.05, 0) is 57.9 Å².